The molecule has 0 amide bonds. The van der Waals surface area contributed by atoms with Gasteiger partial charge < -0.3 is 4.74 Å². The molecule has 2 aromatic rings. The maximum atomic E-state index is 12.6. The Balaban J connectivity index is 1.75. The zero-order chi connectivity index (χ0) is 21.6. The number of esters is 1. The molecule has 3 rings (SSSR count). The van der Waals surface area contributed by atoms with E-state index in [1.54, 1.807) is 24.5 Å². The molecule has 1 aliphatic carbocycles. The first-order valence-electron chi connectivity index (χ1n) is 10.8. The largest absolute Gasteiger partial charge is 0.456 e. The summed E-state index contributed by atoms with van der Waals surface area (Å²) in [4.78, 5) is 29.0. The van der Waals surface area contributed by atoms with Gasteiger partial charge in [-0.1, -0.05) is 63.6 Å². The number of carbonyl (C=O) groups excluding carboxylic acids is 2. The molecule has 1 fully saturated rings. The topological polar surface area (TPSA) is 56.3 Å². The van der Waals surface area contributed by atoms with Gasteiger partial charge in [0.2, 0.25) is 0 Å². The lowest BCUT2D eigenvalue weighted by Gasteiger charge is -2.44. The van der Waals surface area contributed by atoms with Crippen LogP contribution in [0.2, 0.25) is 0 Å². The number of pyridine rings is 1. The lowest BCUT2D eigenvalue weighted by atomic mass is 9.64. The van der Waals surface area contributed by atoms with E-state index in [1.807, 2.05) is 24.3 Å². The van der Waals surface area contributed by atoms with Crippen molar-refractivity contribution in [2.24, 2.45) is 11.8 Å². The van der Waals surface area contributed by atoms with Crippen molar-refractivity contribution in [1.82, 2.24) is 4.98 Å². The Hall–Kier alpha value is -2.75. The van der Waals surface area contributed by atoms with Gasteiger partial charge in [-0.3, -0.25) is 9.78 Å². The number of benzene rings is 1. The number of hydrogen-bond acceptors (Lipinski definition) is 4. The lowest BCUT2D eigenvalue weighted by Crippen LogP contribution is -2.44. The minimum atomic E-state index is -0.772. The molecule has 4 heteroatoms. The van der Waals surface area contributed by atoms with Crippen molar-refractivity contribution in [1.29, 1.82) is 0 Å². The smallest absolute Gasteiger partial charge is 0.379 e. The summed E-state index contributed by atoms with van der Waals surface area (Å²) in [5.74, 6) is -0.715. The van der Waals surface area contributed by atoms with Crippen LogP contribution in [-0.2, 0) is 19.7 Å². The fourth-order valence-corrected chi connectivity index (χ4v) is 4.53. The van der Waals surface area contributed by atoms with Crippen LogP contribution in [0.4, 0.5) is 0 Å². The predicted molar refractivity (Wildman–Crippen MR) is 119 cm³/mol. The molecule has 0 saturated heterocycles. The molecule has 0 spiro atoms. The standard InChI is InChI=1S/C26H31NO3/c1-4-19-12-14-22(26(2,3)21-10-6-5-7-11-21)24(17-19)30-25(29)23(28)15-13-20-9-8-16-27-18-20/h5-11,13,15-16,18-19,22,24H,4,12,14,17H2,1-3H3/b15-13+/t19?,22-,24-/m1/s1. The van der Waals surface area contributed by atoms with E-state index in [1.165, 1.54) is 11.6 Å². The third-order valence-corrected chi connectivity index (χ3v) is 6.49. The molecule has 1 saturated carbocycles. The molecule has 0 N–H and O–H groups in total. The van der Waals surface area contributed by atoms with Crippen LogP contribution in [0.3, 0.4) is 0 Å². The Kier molecular flexibility index (Phi) is 7.20. The fourth-order valence-electron chi connectivity index (χ4n) is 4.53. The molecule has 1 aliphatic rings. The van der Waals surface area contributed by atoms with E-state index in [2.05, 4.69) is 37.9 Å². The van der Waals surface area contributed by atoms with E-state index >= 15 is 0 Å². The summed E-state index contributed by atoms with van der Waals surface area (Å²) < 4.78 is 5.84. The summed E-state index contributed by atoms with van der Waals surface area (Å²) in [6.07, 6.45) is 9.88. The van der Waals surface area contributed by atoms with Gasteiger partial charge in [-0.2, -0.15) is 0 Å². The third kappa shape index (κ3) is 5.24. The number of ether oxygens (including phenoxy) is 1. The Bertz CT molecular complexity index is 874. The summed E-state index contributed by atoms with van der Waals surface area (Å²) in [5.41, 5.74) is 1.85. The molecular weight excluding hydrogens is 374 g/mol. The second-order valence-corrected chi connectivity index (χ2v) is 8.71. The molecule has 0 aliphatic heterocycles. The molecule has 0 bridgehead atoms. The molecule has 30 heavy (non-hydrogen) atoms. The highest BCUT2D eigenvalue weighted by Crippen LogP contribution is 2.44. The first-order chi connectivity index (χ1) is 14.4. The lowest BCUT2D eigenvalue weighted by molar-refractivity contribution is -0.162. The van der Waals surface area contributed by atoms with Crippen LogP contribution in [0.1, 0.15) is 57.6 Å². The third-order valence-electron chi connectivity index (χ3n) is 6.49. The van der Waals surface area contributed by atoms with Crippen molar-refractivity contribution in [2.75, 3.05) is 0 Å². The maximum Gasteiger partial charge on any atom is 0.379 e. The highest BCUT2D eigenvalue weighted by molar-refractivity contribution is 6.39. The second kappa shape index (κ2) is 9.84. The van der Waals surface area contributed by atoms with E-state index in [0.29, 0.717) is 5.92 Å². The van der Waals surface area contributed by atoms with Crippen molar-refractivity contribution in [2.45, 2.75) is 58.0 Å². The van der Waals surface area contributed by atoms with Gasteiger partial charge in [0.1, 0.15) is 6.10 Å². The Morgan fingerprint density at radius 3 is 2.57 bits per heavy atom. The normalized spacial score (nSPS) is 22.0. The molecular formula is C26H31NO3. The molecule has 3 atom stereocenters. The van der Waals surface area contributed by atoms with Crippen molar-refractivity contribution in [3.05, 3.63) is 72.1 Å². The minimum absolute atomic E-state index is 0.153. The van der Waals surface area contributed by atoms with Crippen molar-refractivity contribution in [3.8, 4) is 0 Å². The zero-order valence-corrected chi connectivity index (χ0v) is 18.1. The quantitative estimate of drug-likeness (QED) is 0.352. The van der Waals surface area contributed by atoms with E-state index < -0.39 is 11.8 Å². The van der Waals surface area contributed by atoms with Gasteiger partial charge in [0.25, 0.3) is 5.78 Å². The van der Waals surface area contributed by atoms with Crippen LogP contribution in [0.15, 0.2) is 60.9 Å². The molecule has 0 radical (unpaired) electrons. The molecule has 1 aromatic heterocycles. The first-order valence-corrected chi connectivity index (χ1v) is 10.8. The molecule has 158 valence electrons. The van der Waals surface area contributed by atoms with Crippen LogP contribution < -0.4 is 0 Å². The second-order valence-electron chi connectivity index (χ2n) is 8.71. The highest BCUT2D eigenvalue weighted by atomic mass is 16.5. The summed E-state index contributed by atoms with van der Waals surface area (Å²) in [6, 6.07) is 14.0. The average molecular weight is 406 g/mol. The van der Waals surface area contributed by atoms with E-state index in [4.69, 9.17) is 4.74 Å². The molecule has 1 unspecified atom stereocenters. The first kappa shape index (κ1) is 21.9. The van der Waals surface area contributed by atoms with Crippen molar-refractivity contribution in [3.63, 3.8) is 0 Å². The number of rotatable bonds is 7. The Labute approximate surface area is 179 Å². The van der Waals surface area contributed by atoms with Crippen molar-refractivity contribution < 1.29 is 14.3 Å². The monoisotopic (exact) mass is 405 g/mol. The van der Waals surface area contributed by atoms with Crippen LogP contribution in [-0.4, -0.2) is 22.8 Å². The summed E-state index contributed by atoms with van der Waals surface area (Å²) in [5, 5.41) is 0. The van der Waals surface area contributed by atoms with E-state index in [-0.39, 0.29) is 17.4 Å². The summed E-state index contributed by atoms with van der Waals surface area (Å²) >= 11 is 0. The maximum absolute atomic E-state index is 12.6. The van der Waals surface area contributed by atoms with Crippen LogP contribution in [0, 0.1) is 11.8 Å². The van der Waals surface area contributed by atoms with Gasteiger partial charge >= 0.3 is 5.97 Å². The van der Waals surface area contributed by atoms with Gasteiger partial charge in [0, 0.05) is 18.3 Å². The molecule has 4 nitrogen and oxygen atoms in total. The van der Waals surface area contributed by atoms with Gasteiger partial charge in [0.05, 0.1) is 0 Å². The van der Waals surface area contributed by atoms with E-state index in [9.17, 15) is 9.59 Å². The number of aromatic nitrogens is 1. The number of hydrogen-bond donors (Lipinski definition) is 0. The Morgan fingerprint density at radius 2 is 1.90 bits per heavy atom. The predicted octanol–water partition coefficient (Wildman–Crippen LogP) is 5.38. The number of carbonyl (C=O) groups is 2. The van der Waals surface area contributed by atoms with E-state index in [0.717, 1.165) is 31.2 Å². The zero-order valence-electron chi connectivity index (χ0n) is 18.1. The van der Waals surface area contributed by atoms with Gasteiger partial charge in [0.15, 0.2) is 0 Å². The van der Waals surface area contributed by atoms with Crippen LogP contribution in [0.5, 0.6) is 0 Å². The number of nitrogens with zero attached hydrogens (tertiary/aromatic N) is 1. The molecule has 1 heterocycles. The molecule has 1 aromatic carbocycles. The minimum Gasteiger partial charge on any atom is -0.456 e. The highest BCUT2D eigenvalue weighted by Gasteiger charge is 2.42. The fraction of sp³-hybridized carbons (Fsp3) is 0.423. The number of ketones is 1. The van der Waals surface area contributed by atoms with Crippen LogP contribution in [0.25, 0.3) is 6.08 Å². The van der Waals surface area contributed by atoms with Crippen molar-refractivity contribution >= 4 is 17.8 Å². The average Bonchev–Trinajstić information content (AvgIpc) is 2.78. The van der Waals surface area contributed by atoms with Gasteiger partial charge in [-0.05, 0) is 59.9 Å². The summed E-state index contributed by atoms with van der Waals surface area (Å²) in [7, 11) is 0. The summed E-state index contributed by atoms with van der Waals surface area (Å²) in [6.45, 7) is 6.60. The van der Waals surface area contributed by atoms with Gasteiger partial charge in [-0.15, -0.1) is 0 Å². The SMILES string of the molecule is CCC1CC[C@@H](C(C)(C)c2ccccc2)[C@H](OC(=O)C(=O)/C=C/c2cccnc2)C1. The Morgan fingerprint density at radius 1 is 1.13 bits per heavy atom. The van der Waals surface area contributed by atoms with Gasteiger partial charge in [-0.25, -0.2) is 4.79 Å². The van der Waals surface area contributed by atoms with Crippen LogP contribution >= 0.6 is 0 Å².